The molecule has 4 rings (SSSR count). The van der Waals surface area contributed by atoms with Crippen molar-refractivity contribution in [3.05, 3.63) is 65.2 Å². The molecule has 2 aromatic rings. The minimum atomic E-state index is 0.305. The summed E-state index contributed by atoms with van der Waals surface area (Å²) in [6, 6.07) is 18.3. The summed E-state index contributed by atoms with van der Waals surface area (Å²) in [5, 5.41) is 9.03. The first-order valence-corrected chi connectivity index (χ1v) is 9.12. The lowest BCUT2D eigenvalue weighted by atomic mass is 9.96. The molecule has 1 unspecified atom stereocenters. The van der Waals surface area contributed by atoms with Gasteiger partial charge in [0.2, 0.25) is 0 Å². The Balaban J connectivity index is 1.66. The summed E-state index contributed by atoms with van der Waals surface area (Å²) in [5.74, 6) is 0. The van der Waals surface area contributed by atoms with E-state index in [9.17, 15) is 0 Å². The highest BCUT2D eigenvalue weighted by Gasteiger charge is 2.32. The molecule has 0 bridgehead atoms. The molecule has 2 aromatic carbocycles. The summed E-state index contributed by atoms with van der Waals surface area (Å²) >= 11 is 0. The first-order valence-electron chi connectivity index (χ1n) is 9.12. The van der Waals surface area contributed by atoms with Crippen LogP contribution in [-0.2, 0) is 6.42 Å². The number of aliphatic hydroxyl groups excluding tert-OH is 1. The Morgan fingerprint density at radius 3 is 2.58 bits per heavy atom. The smallest absolute Gasteiger partial charge is 0.0672 e. The lowest BCUT2D eigenvalue weighted by Crippen LogP contribution is -2.48. The second-order valence-electron chi connectivity index (χ2n) is 6.94. The maximum atomic E-state index is 9.03. The molecule has 126 valence electrons. The second kappa shape index (κ2) is 6.96. The van der Waals surface area contributed by atoms with Crippen molar-refractivity contribution in [2.75, 3.05) is 37.7 Å². The molecule has 1 atom stereocenters. The molecule has 1 N–H and O–H groups in total. The van der Waals surface area contributed by atoms with Gasteiger partial charge in [0.1, 0.15) is 0 Å². The number of unbranched alkanes of at least 4 members (excludes halogenated alkanes) is 1. The molecule has 0 saturated carbocycles. The molecular weight excluding hydrogens is 296 g/mol. The van der Waals surface area contributed by atoms with Gasteiger partial charge in [-0.1, -0.05) is 42.5 Å². The maximum Gasteiger partial charge on any atom is 0.0672 e. The van der Waals surface area contributed by atoms with Crippen LogP contribution in [0.4, 0.5) is 5.69 Å². The average Bonchev–Trinajstić information content (AvgIpc) is 2.76. The zero-order valence-corrected chi connectivity index (χ0v) is 14.2. The van der Waals surface area contributed by atoms with E-state index in [1.165, 1.54) is 22.4 Å². The van der Waals surface area contributed by atoms with Gasteiger partial charge in [-0.25, -0.2) is 0 Å². The Morgan fingerprint density at radius 1 is 0.917 bits per heavy atom. The van der Waals surface area contributed by atoms with Crippen molar-refractivity contribution in [1.29, 1.82) is 0 Å². The highest BCUT2D eigenvalue weighted by molar-refractivity contribution is 5.60. The zero-order valence-electron chi connectivity index (χ0n) is 14.2. The summed E-state index contributed by atoms with van der Waals surface area (Å²) in [6.45, 7) is 4.67. The summed E-state index contributed by atoms with van der Waals surface area (Å²) in [4.78, 5) is 5.19. The molecule has 0 aromatic heterocycles. The van der Waals surface area contributed by atoms with Gasteiger partial charge in [0.15, 0.2) is 0 Å². The highest BCUT2D eigenvalue weighted by Crippen LogP contribution is 2.39. The summed E-state index contributed by atoms with van der Waals surface area (Å²) in [7, 11) is 0. The molecule has 2 aliphatic heterocycles. The molecule has 2 heterocycles. The Kier molecular flexibility index (Phi) is 4.54. The number of hydrogen-bond donors (Lipinski definition) is 1. The number of piperazine rings is 1. The second-order valence-corrected chi connectivity index (χ2v) is 6.94. The number of nitrogens with zero attached hydrogens (tertiary/aromatic N) is 2. The maximum absolute atomic E-state index is 9.03. The minimum absolute atomic E-state index is 0.305. The van der Waals surface area contributed by atoms with Crippen molar-refractivity contribution in [3.8, 4) is 0 Å². The fraction of sp³-hybridized carbons (Fsp3) is 0.429. The van der Waals surface area contributed by atoms with Gasteiger partial charge in [-0.05, 0) is 48.6 Å². The topological polar surface area (TPSA) is 26.7 Å². The fourth-order valence-electron chi connectivity index (χ4n) is 4.21. The normalized spacial score (nSPS) is 20.0. The van der Waals surface area contributed by atoms with Crippen LogP contribution in [0.2, 0.25) is 0 Å². The van der Waals surface area contributed by atoms with Crippen molar-refractivity contribution < 1.29 is 5.11 Å². The van der Waals surface area contributed by atoms with Gasteiger partial charge in [-0.15, -0.1) is 0 Å². The molecule has 3 nitrogen and oxygen atoms in total. The standard InChI is InChI=1S/C21H26N2O/c24-14-6-5-11-22-12-13-23-20-10-4-2-8-18(20)15-17-7-1-3-9-19(17)21(23)16-22/h1-4,7-10,21,24H,5-6,11-16H2. The van der Waals surface area contributed by atoms with Crippen molar-refractivity contribution in [3.63, 3.8) is 0 Å². The number of para-hydroxylation sites is 1. The largest absolute Gasteiger partial charge is 0.396 e. The Bertz CT molecular complexity index is 700. The van der Waals surface area contributed by atoms with Crippen LogP contribution in [0.15, 0.2) is 48.5 Å². The molecule has 24 heavy (non-hydrogen) atoms. The van der Waals surface area contributed by atoms with E-state index in [2.05, 4.69) is 58.3 Å². The predicted molar refractivity (Wildman–Crippen MR) is 98.5 cm³/mol. The number of fused-ring (bicyclic) bond motifs is 5. The van der Waals surface area contributed by atoms with Crippen LogP contribution < -0.4 is 4.90 Å². The number of benzene rings is 2. The van der Waals surface area contributed by atoms with E-state index in [4.69, 9.17) is 5.11 Å². The van der Waals surface area contributed by atoms with E-state index >= 15 is 0 Å². The van der Waals surface area contributed by atoms with Gasteiger partial charge in [-0.3, -0.25) is 4.90 Å². The van der Waals surface area contributed by atoms with Gasteiger partial charge in [0.25, 0.3) is 0 Å². The van der Waals surface area contributed by atoms with E-state index in [0.717, 1.165) is 45.4 Å². The first-order chi connectivity index (χ1) is 11.9. The van der Waals surface area contributed by atoms with Crippen molar-refractivity contribution in [2.45, 2.75) is 25.3 Å². The number of anilines is 1. The Morgan fingerprint density at radius 2 is 1.71 bits per heavy atom. The van der Waals surface area contributed by atoms with E-state index in [-0.39, 0.29) is 0 Å². The van der Waals surface area contributed by atoms with Crippen LogP contribution >= 0.6 is 0 Å². The van der Waals surface area contributed by atoms with E-state index in [0.29, 0.717) is 12.6 Å². The quantitative estimate of drug-likeness (QED) is 0.876. The molecular formula is C21H26N2O. The molecule has 0 spiro atoms. The molecule has 1 fully saturated rings. The van der Waals surface area contributed by atoms with E-state index in [1.807, 2.05) is 0 Å². The summed E-state index contributed by atoms with van der Waals surface area (Å²) < 4.78 is 0. The molecule has 2 aliphatic rings. The predicted octanol–water partition coefficient (Wildman–Crippen LogP) is 3.23. The van der Waals surface area contributed by atoms with E-state index < -0.39 is 0 Å². The van der Waals surface area contributed by atoms with Crippen molar-refractivity contribution >= 4 is 5.69 Å². The van der Waals surface area contributed by atoms with Crippen LogP contribution in [-0.4, -0.2) is 42.8 Å². The van der Waals surface area contributed by atoms with Crippen LogP contribution in [0.5, 0.6) is 0 Å². The average molecular weight is 322 g/mol. The van der Waals surface area contributed by atoms with Crippen LogP contribution in [0, 0.1) is 0 Å². The fourth-order valence-corrected chi connectivity index (χ4v) is 4.21. The Labute approximate surface area is 144 Å². The third-order valence-electron chi connectivity index (χ3n) is 5.44. The summed E-state index contributed by atoms with van der Waals surface area (Å²) in [6.07, 6.45) is 3.02. The van der Waals surface area contributed by atoms with E-state index in [1.54, 1.807) is 0 Å². The minimum Gasteiger partial charge on any atom is -0.396 e. The van der Waals surface area contributed by atoms with Crippen LogP contribution in [0.1, 0.15) is 35.6 Å². The number of aliphatic hydroxyl groups is 1. The Hall–Kier alpha value is -1.84. The molecule has 0 radical (unpaired) electrons. The monoisotopic (exact) mass is 322 g/mol. The first kappa shape index (κ1) is 15.7. The van der Waals surface area contributed by atoms with Crippen LogP contribution in [0.25, 0.3) is 0 Å². The van der Waals surface area contributed by atoms with Crippen LogP contribution in [0.3, 0.4) is 0 Å². The zero-order chi connectivity index (χ0) is 16.4. The van der Waals surface area contributed by atoms with Gasteiger partial charge in [0.05, 0.1) is 6.04 Å². The van der Waals surface area contributed by atoms with Gasteiger partial charge in [-0.2, -0.15) is 0 Å². The van der Waals surface area contributed by atoms with Crippen molar-refractivity contribution in [1.82, 2.24) is 4.90 Å². The molecule has 0 amide bonds. The summed E-state index contributed by atoms with van der Waals surface area (Å²) in [5.41, 5.74) is 5.81. The van der Waals surface area contributed by atoms with Gasteiger partial charge in [0, 0.05) is 31.9 Å². The molecule has 3 heteroatoms. The molecule has 0 aliphatic carbocycles. The SMILES string of the molecule is OCCCCN1CCN2c3ccccc3Cc3ccccc3C2C1. The number of rotatable bonds is 4. The number of hydrogen-bond acceptors (Lipinski definition) is 3. The third-order valence-corrected chi connectivity index (χ3v) is 5.44. The molecule has 1 saturated heterocycles. The van der Waals surface area contributed by atoms with Crippen molar-refractivity contribution in [2.24, 2.45) is 0 Å². The third kappa shape index (κ3) is 2.94. The van der Waals surface area contributed by atoms with Gasteiger partial charge < -0.3 is 10.0 Å². The lowest BCUT2D eigenvalue weighted by Gasteiger charge is -2.43. The van der Waals surface area contributed by atoms with Gasteiger partial charge >= 0.3 is 0 Å². The highest BCUT2D eigenvalue weighted by atomic mass is 16.2. The lowest BCUT2D eigenvalue weighted by molar-refractivity contribution is 0.208.